The molecule has 3 aromatic carbocycles. The molecule has 0 bridgehead atoms. The summed E-state index contributed by atoms with van der Waals surface area (Å²) in [6.45, 7) is 6.58. The molecule has 0 aliphatic rings. The van der Waals surface area contributed by atoms with E-state index in [4.69, 9.17) is 0 Å². The van der Waals surface area contributed by atoms with Gasteiger partial charge in [0.05, 0.1) is 0 Å². The molecule has 0 saturated carbocycles. The van der Waals surface area contributed by atoms with Crippen LogP contribution in [0.5, 0.6) is 5.75 Å². The van der Waals surface area contributed by atoms with Crippen LogP contribution in [0.15, 0.2) is 72.8 Å². The van der Waals surface area contributed by atoms with Gasteiger partial charge in [0.15, 0.2) is 0 Å². The summed E-state index contributed by atoms with van der Waals surface area (Å²) in [7, 11) is 0. The third-order valence-electron chi connectivity index (χ3n) is 4.86. The summed E-state index contributed by atoms with van der Waals surface area (Å²) >= 11 is 0. The zero-order valence-electron chi connectivity index (χ0n) is 16.7. The van der Waals surface area contributed by atoms with Crippen LogP contribution in [-0.2, 0) is 16.6 Å². The molecular formula is C25H27NO2. The smallest absolute Gasteiger partial charge is 0.224 e. The lowest BCUT2D eigenvalue weighted by Gasteiger charge is -2.19. The van der Waals surface area contributed by atoms with Crippen molar-refractivity contribution in [1.82, 2.24) is 0 Å². The van der Waals surface area contributed by atoms with Crippen molar-refractivity contribution in [2.45, 2.75) is 39.0 Å². The Morgan fingerprint density at radius 1 is 0.857 bits per heavy atom. The van der Waals surface area contributed by atoms with E-state index in [2.05, 4.69) is 50.4 Å². The first-order chi connectivity index (χ1) is 13.3. The SMILES string of the molecule is CC(C)(C)c1ccc(CCC(=O)Nc2ccccc2-c2ccccc2O)cc1. The number of hydrogen-bond acceptors (Lipinski definition) is 2. The van der Waals surface area contributed by atoms with E-state index in [-0.39, 0.29) is 17.1 Å². The zero-order chi connectivity index (χ0) is 20.1. The Bertz CT molecular complexity index is 953. The first-order valence-electron chi connectivity index (χ1n) is 9.61. The molecule has 0 saturated heterocycles. The number of phenols is 1. The predicted molar refractivity (Wildman–Crippen MR) is 116 cm³/mol. The monoisotopic (exact) mass is 373 g/mol. The van der Waals surface area contributed by atoms with Crippen LogP contribution in [0.4, 0.5) is 5.69 Å². The van der Waals surface area contributed by atoms with E-state index < -0.39 is 0 Å². The fourth-order valence-corrected chi connectivity index (χ4v) is 3.17. The largest absolute Gasteiger partial charge is 0.507 e. The molecule has 144 valence electrons. The third kappa shape index (κ3) is 4.80. The number of para-hydroxylation sites is 2. The summed E-state index contributed by atoms with van der Waals surface area (Å²) in [5.41, 5.74) is 4.79. The molecule has 0 atom stereocenters. The number of phenolic OH excluding ortho intramolecular Hbond substituents is 1. The van der Waals surface area contributed by atoms with Gasteiger partial charge in [-0.2, -0.15) is 0 Å². The Kier molecular flexibility index (Phi) is 5.84. The molecule has 3 heteroatoms. The van der Waals surface area contributed by atoms with Crippen LogP contribution in [0.3, 0.4) is 0 Å². The number of nitrogens with one attached hydrogen (secondary N) is 1. The van der Waals surface area contributed by atoms with Crippen LogP contribution in [0.25, 0.3) is 11.1 Å². The van der Waals surface area contributed by atoms with Crippen molar-refractivity contribution in [3.8, 4) is 16.9 Å². The van der Waals surface area contributed by atoms with Gasteiger partial charge in [-0.1, -0.05) is 81.4 Å². The Labute approximate surface area is 167 Å². The first kappa shape index (κ1) is 19.7. The number of aryl methyl sites for hydroxylation is 1. The fraction of sp³-hybridized carbons (Fsp3) is 0.240. The molecule has 3 rings (SSSR count). The van der Waals surface area contributed by atoms with Gasteiger partial charge in [0.1, 0.15) is 5.75 Å². The van der Waals surface area contributed by atoms with Gasteiger partial charge in [0.2, 0.25) is 5.91 Å². The molecule has 0 fully saturated rings. The third-order valence-corrected chi connectivity index (χ3v) is 4.86. The molecule has 0 unspecified atom stereocenters. The summed E-state index contributed by atoms with van der Waals surface area (Å²) in [6.07, 6.45) is 1.10. The number of benzene rings is 3. The molecule has 0 aliphatic carbocycles. The van der Waals surface area contributed by atoms with Gasteiger partial charge >= 0.3 is 0 Å². The zero-order valence-corrected chi connectivity index (χ0v) is 16.7. The number of carbonyl (C=O) groups is 1. The highest BCUT2D eigenvalue weighted by molar-refractivity contribution is 5.96. The minimum atomic E-state index is -0.0391. The summed E-state index contributed by atoms with van der Waals surface area (Å²) in [6, 6.07) is 23.2. The van der Waals surface area contributed by atoms with E-state index >= 15 is 0 Å². The van der Waals surface area contributed by atoms with E-state index in [9.17, 15) is 9.90 Å². The summed E-state index contributed by atoms with van der Waals surface area (Å²) in [4.78, 5) is 12.5. The van der Waals surface area contributed by atoms with E-state index in [1.165, 1.54) is 5.56 Å². The van der Waals surface area contributed by atoms with Gasteiger partial charge in [-0.05, 0) is 35.1 Å². The lowest BCUT2D eigenvalue weighted by Crippen LogP contribution is -2.13. The Balaban J connectivity index is 1.67. The molecule has 3 aromatic rings. The predicted octanol–water partition coefficient (Wildman–Crippen LogP) is 5.93. The average molecular weight is 373 g/mol. The minimum Gasteiger partial charge on any atom is -0.507 e. The van der Waals surface area contributed by atoms with Crippen LogP contribution in [0.2, 0.25) is 0 Å². The minimum absolute atomic E-state index is 0.0391. The lowest BCUT2D eigenvalue weighted by atomic mass is 9.86. The highest BCUT2D eigenvalue weighted by atomic mass is 16.3. The number of hydrogen-bond donors (Lipinski definition) is 2. The fourth-order valence-electron chi connectivity index (χ4n) is 3.17. The summed E-state index contributed by atoms with van der Waals surface area (Å²) < 4.78 is 0. The van der Waals surface area contributed by atoms with Gasteiger partial charge in [0.25, 0.3) is 0 Å². The standard InChI is InChI=1S/C25H27NO2/c1-25(2,3)19-15-12-18(13-16-19)14-17-24(28)26-22-10-6-4-8-20(22)21-9-5-7-11-23(21)27/h4-13,15-16,27H,14,17H2,1-3H3,(H,26,28). The van der Waals surface area contributed by atoms with Crippen LogP contribution in [-0.4, -0.2) is 11.0 Å². The molecule has 0 spiro atoms. The van der Waals surface area contributed by atoms with E-state index in [0.29, 0.717) is 24.1 Å². The van der Waals surface area contributed by atoms with Crippen LogP contribution in [0, 0.1) is 0 Å². The average Bonchev–Trinajstić information content (AvgIpc) is 2.67. The van der Waals surface area contributed by atoms with E-state index in [0.717, 1.165) is 11.1 Å². The van der Waals surface area contributed by atoms with Gasteiger partial charge < -0.3 is 10.4 Å². The summed E-state index contributed by atoms with van der Waals surface area (Å²) in [5, 5.41) is 13.1. The second-order valence-electron chi connectivity index (χ2n) is 8.06. The molecule has 1 amide bonds. The Morgan fingerprint density at radius 3 is 2.11 bits per heavy atom. The Hall–Kier alpha value is -3.07. The van der Waals surface area contributed by atoms with Crippen molar-refractivity contribution in [3.63, 3.8) is 0 Å². The highest BCUT2D eigenvalue weighted by Gasteiger charge is 2.14. The van der Waals surface area contributed by atoms with Crippen molar-refractivity contribution < 1.29 is 9.90 Å². The lowest BCUT2D eigenvalue weighted by molar-refractivity contribution is -0.116. The molecule has 0 aromatic heterocycles. The first-order valence-corrected chi connectivity index (χ1v) is 9.61. The van der Waals surface area contributed by atoms with Gasteiger partial charge in [0, 0.05) is 23.2 Å². The van der Waals surface area contributed by atoms with Crippen LogP contribution >= 0.6 is 0 Å². The van der Waals surface area contributed by atoms with Crippen LogP contribution < -0.4 is 5.32 Å². The van der Waals surface area contributed by atoms with E-state index in [1.807, 2.05) is 36.4 Å². The maximum absolute atomic E-state index is 12.5. The van der Waals surface area contributed by atoms with Crippen molar-refractivity contribution in [2.75, 3.05) is 5.32 Å². The number of carbonyl (C=O) groups excluding carboxylic acids is 1. The molecule has 0 radical (unpaired) electrons. The second kappa shape index (κ2) is 8.30. The molecular weight excluding hydrogens is 346 g/mol. The van der Waals surface area contributed by atoms with Crippen molar-refractivity contribution >= 4 is 11.6 Å². The number of amides is 1. The molecule has 3 nitrogen and oxygen atoms in total. The quantitative estimate of drug-likeness (QED) is 0.582. The molecule has 28 heavy (non-hydrogen) atoms. The van der Waals surface area contributed by atoms with Crippen molar-refractivity contribution in [3.05, 3.63) is 83.9 Å². The van der Waals surface area contributed by atoms with Crippen molar-refractivity contribution in [2.24, 2.45) is 0 Å². The maximum atomic E-state index is 12.5. The van der Waals surface area contributed by atoms with Gasteiger partial charge in [-0.3, -0.25) is 4.79 Å². The number of aromatic hydroxyl groups is 1. The summed E-state index contributed by atoms with van der Waals surface area (Å²) in [5.74, 6) is 0.158. The second-order valence-corrected chi connectivity index (χ2v) is 8.06. The van der Waals surface area contributed by atoms with Crippen LogP contribution in [0.1, 0.15) is 38.3 Å². The molecule has 2 N–H and O–H groups in total. The Morgan fingerprint density at radius 2 is 1.46 bits per heavy atom. The van der Waals surface area contributed by atoms with Crippen molar-refractivity contribution in [1.29, 1.82) is 0 Å². The molecule has 0 heterocycles. The van der Waals surface area contributed by atoms with E-state index in [1.54, 1.807) is 12.1 Å². The topological polar surface area (TPSA) is 49.3 Å². The normalized spacial score (nSPS) is 11.2. The van der Waals surface area contributed by atoms with Gasteiger partial charge in [-0.15, -0.1) is 0 Å². The highest BCUT2D eigenvalue weighted by Crippen LogP contribution is 2.34. The number of anilines is 1. The van der Waals surface area contributed by atoms with Gasteiger partial charge in [-0.25, -0.2) is 0 Å². The number of rotatable bonds is 5. The maximum Gasteiger partial charge on any atom is 0.224 e. The molecule has 0 aliphatic heterocycles.